The average Bonchev–Trinajstić information content (AvgIpc) is 2.43. The Hall–Kier alpha value is -1.23. The van der Waals surface area contributed by atoms with Gasteiger partial charge in [-0.1, -0.05) is 38.2 Å². The number of carboxylic acid groups (broad SMARTS) is 1. The van der Waals surface area contributed by atoms with Crippen LogP contribution >= 0.6 is 0 Å². The second kappa shape index (κ2) is 15.8. The van der Waals surface area contributed by atoms with Crippen LogP contribution in [-0.4, -0.2) is 11.1 Å². The van der Waals surface area contributed by atoms with E-state index in [-0.39, 0.29) is 0 Å². The predicted molar refractivity (Wildman–Crippen MR) is 85.6 cm³/mol. The normalized spacial score (nSPS) is 9.80. The molecule has 0 aliphatic carbocycles. The molecule has 2 heteroatoms. The molecule has 0 atom stereocenters. The fourth-order valence-electron chi connectivity index (χ4n) is 2.05. The van der Waals surface area contributed by atoms with Gasteiger partial charge in [0.05, 0.1) is 0 Å². The lowest BCUT2D eigenvalue weighted by Crippen LogP contribution is -1.93. The van der Waals surface area contributed by atoms with E-state index in [1.165, 1.54) is 32.1 Å². The molecule has 2 nitrogen and oxygen atoms in total. The van der Waals surface area contributed by atoms with Gasteiger partial charge in [-0.05, 0) is 32.1 Å². The first kappa shape index (κ1) is 18.8. The first-order valence-electron chi connectivity index (χ1n) is 8.05. The Kier molecular flexibility index (Phi) is 14.9. The molecule has 0 radical (unpaired) electrons. The van der Waals surface area contributed by atoms with Crippen LogP contribution in [0.25, 0.3) is 0 Å². The van der Waals surface area contributed by atoms with Crippen LogP contribution in [0.2, 0.25) is 0 Å². The molecule has 0 aromatic rings. The molecule has 0 aromatic carbocycles. The van der Waals surface area contributed by atoms with E-state index in [2.05, 4.69) is 18.4 Å². The minimum absolute atomic E-state index is 0.312. The highest BCUT2D eigenvalue weighted by Gasteiger charge is 1.95. The van der Waals surface area contributed by atoms with Crippen LogP contribution < -0.4 is 0 Å². The first-order chi connectivity index (χ1) is 9.77. The summed E-state index contributed by atoms with van der Waals surface area (Å²) < 4.78 is 0. The number of unbranched alkanes of at least 4 members (excludes halogenated alkanes) is 10. The molecule has 20 heavy (non-hydrogen) atoms. The molecular weight excluding hydrogens is 248 g/mol. The van der Waals surface area contributed by atoms with Crippen molar-refractivity contribution in [3.05, 3.63) is 12.7 Å². The SMILES string of the molecule is C=CCCCCCCC#CCCCCCCCC(=O)O. The highest BCUT2D eigenvalue weighted by molar-refractivity contribution is 5.66. The van der Waals surface area contributed by atoms with E-state index in [0.717, 1.165) is 44.9 Å². The maximum atomic E-state index is 10.3. The van der Waals surface area contributed by atoms with Gasteiger partial charge in [0.25, 0.3) is 0 Å². The van der Waals surface area contributed by atoms with Gasteiger partial charge in [0.2, 0.25) is 0 Å². The lowest BCUT2D eigenvalue weighted by atomic mass is 10.1. The Bertz CT molecular complexity index is 296. The van der Waals surface area contributed by atoms with Crippen molar-refractivity contribution in [3.63, 3.8) is 0 Å². The van der Waals surface area contributed by atoms with E-state index in [1.807, 2.05) is 6.08 Å². The van der Waals surface area contributed by atoms with Crippen LogP contribution in [0.15, 0.2) is 12.7 Å². The van der Waals surface area contributed by atoms with Gasteiger partial charge in [-0.15, -0.1) is 18.4 Å². The third-order valence-electron chi connectivity index (χ3n) is 3.28. The zero-order valence-corrected chi connectivity index (χ0v) is 12.8. The molecule has 0 aromatic heterocycles. The van der Waals surface area contributed by atoms with E-state index in [0.29, 0.717) is 6.42 Å². The summed E-state index contributed by atoms with van der Waals surface area (Å²) in [4.78, 5) is 10.3. The lowest BCUT2D eigenvalue weighted by Gasteiger charge is -1.97. The summed E-state index contributed by atoms with van der Waals surface area (Å²) in [5, 5.41) is 8.49. The summed E-state index contributed by atoms with van der Waals surface area (Å²) in [7, 11) is 0. The van der Waals surface area contributed by atoms with Crippen molar-refractivity contribution in [3.8, 4) is 11.8 Å². The molecule has 0 amide bonds. The molecule has 0 rings (SSSR count). The maximum absolute atomic E-state index is 10.3. The van der Waals surface area contributed by atoms with Crippen molar-refractivity contribution in [2.24, 2.45) is 0 Å². The zero-order chi connectivity index (χ0) is 14.9. The first-order valence-corrected chi connectivity index (χ1v) is 8.05. The lowest BCUT2D eigenvalue weighted by molar-refractivity contribution is -0.137. The Morgan fingerprint density at radius 3 is 1.90 bits per heavy atom. The summed E-state index contributed by atoms with van der Waals surface area (Å²) in [6.07, 6.45) is 15.8. The largest absolute Gasteiger partial charge is 0.481 e. The number of rotatable bonds is 13. The van der Waals surface area contributed by atoms with Gasteiger partial charge in [-0.2, -0.15) is 0 Å². The maximum Gasteiger partial charge on any atom is 0.303 e. The number of hydrogen-bond acceptors (Lipinski definition) is 1. The smallest absolute Gasteiger partial charge is 0.303 e. The van der Waals surface area contributed by atoms with Gasteiger partial charge < -0.3 is 5.11 Å². The van der Waals surface area contributed by atoms with Crippen LogP contribution in [0.4, 0.5) is 0 Å². The Morgan fingerprint density at radius 2 is 1.35 bits per heavy atom. The van der Waals surface area contributed by atoms with Crippen LogP contribution in [0.1, 0.15) is 83.5 Å². The van der Waals surface area contributed by atoms with Crippen molar-refractivity contribution in [1.29, 1.82) is 0 Å². The summed E-state index contributed by atoms with van der Waals surface area (Å²) in [6, 6.07) is 0. The third kappa shape index (κ3) is 16.8. The van der Waals surface area contributed by atoms with E-state index in [4.69, 9.17) is 5.11 Å². The van der Waals surface area contributed by atoms with E-state index < -0.39 is 5.97 Å². The fraction of sp³-hybridized carbons (Fsp3) is 0.722. The molecule has 0 unspecified atom stereocenters. The predicted octanol–water partition coefficient (Wildman–Crippen LogP) is 5.33. The minimum atomic E-state index is -0.680. The van der Waals surface area contributed by atoms with Gasteiger partial charge >= 0.3 is 5.97 Å². The quantitative estimate of drug-likeness (QED) is 0.281. The van der Waals surface area contributed by atoms with Gasteiger partial charge in [-0.3, -0.25) is 4.79 Å². The van der Waals surface area contributed by atoms with Crippen molar-refractivity contribution in [2.75, 3.05) is 0 Å². The van der Waals surface area contributed by atoms with Crippen LogP contribution in [-0.2, 0) is 4.79 Å². The standard InChI is InChI=1S/C18H30O2/c1-2-3-4-5-6-7-8-9-10-11-12-13-14-15-16-17-18(19)20/h2H,1,3-8,11-17H2,(H,19,20). The molecule has 0 heterocycles. The minimum Gasteiger partial charge on any atom is -0.481 e. The third-order valence-corrected chi connectivity index (χ3v) is 3.28. The van der Waals surface area contributed by atoms with Gasteiger partial charge in [0, 0.05) is 19.3 Å². The number of hydrogen-bond donors (Lipinski definition) is 1. The van der Waals surface area contributed by atoms with Gasteiger partial charge in [-0.25, -0.2) is 0 Å². The second-order valence-electron chi connectivity index (χ2n) is 5.26. The van der Waals surface area contributed by atoms with Gasteiger partial charge in [0.1, 0.15) is 0 Å². The highest BCUT2D eigenvalue weighted by Crippen LogP contribution is 2.07. The average molecular weight is 278 g/mol. The molecular formula is C18H30O2. The molecule has 0 saturated carbocycles. The van der Waals surface area contributed by atoms with Crippen molar-refractivity contribution >= 4 is 5.97 Å². The zero-order valence-electron chi connectivity index (χ0n) is 12.8. The van der Waals surface area contributed by atoms with Crippen molar-refractivity contribution in [1.82, 2.24) is 0 Å². The van der Waals surface area contributed by atoms with Crippen LogP contribution in [0.3, 0.4) is 0 Å². The number of allylic oxidation sites excluding steroid dienone is 1. The molecule has 0 saturated heterocycles. The molecule has 0 aliphatic rings. The van der Waals surface area contributed by atoms with E-state index in [1.54, 1.807) is 0 Å². The molecule has 0 aliphatic heterocycles. The monoisotopic (exact) mass is 278 g/mol. The summed E-state index contributed by atoms with van der Waals surface area (Å²) in [6.45, 7) is 3.72. The highest BCUT2D eigenvalue weighted by atomic mass is 16.4. The van der Waals surface area contributed by atoms with Gasteiger partial charge in [0.15, 0.2) is 0 Å². The second-order valence-corrected chi connectivity index (χ2v) is 5.26. The Labute approximate surface area is 124 Å². The summed E-state index contributed by atoms with van der Waals surface area (Å²) in [5.41, 5.74) is 0. The van der Waals surface area contributed by atoms with E-state index in [9.17, 15) is 4.79 Å². The molecule has 114 valence electrons. The molecule has 1 N–H and O–H groups in total. The Morgan fingerprint density at radius 1 is 0.850 bits per heavy atom. The number of carbonyl (C=O) groups is 1. The summed E-state index contributed by atoms with van der Waals surface area (Å²) in [5.74, 6) is 5.80. The Balaban J connectivity index is 3.13. The van der Waals surface area contributed by atoms with Crippen molar-refractivity contribution < 1.29 is 9.90 Å². The van der Waals surface area contributed by atoms with Crippen molar-refractivity contribution in [2.45, 2.75) is 83.5 Å². The molecule has 0 spiro atoms. The summed E-state index contributed by atoms with van der Waals surface area (Å²) >= 11 is 0. The van der Waals surface area contributed by atoms with Crippen LogP contribution in [0, 0.1) is 11.8 Å². The number of carboxylic acids is 1. The molecule has 0 bridgehead atoms. The topological polar surface area (TPSA) is 37.3 Å². The fourth-order valence-corrected chi connectivity index (χ4v) is 2.05. The molecule has 0 fully saturated rings. The number of aliphatic carboxylic acids is 1. The van der Waals surface area contributed by atoms with E-state index >= 15 is 0 Å². The van der Waals surface area contributed by atoms with Crippen LogP contribution in [0.5, 0.6) is 0 Å².